The van der Waals surface area contributed by atoms with E-state index >= 15 is 0 Å². The first-order valence-electron chi connectivity index (χ1n) is 19.0. The van der Waals surface area contributed by atoms with E-state index in [0.717, 1.165) is 103 Å². The zero-order valence-electron chi connectivity index (χ0n) is 34.0. The van der Waals surface area contributed by atoms with Gasteiger partial charge in [-0.2, -0.15) is 0 Å². The lowest BCUT2D eigenvalue weighted by Crippen LogP contribution is -2.31. The fraction of sp³-hybridized carbons (Fsp3) is 1.00. The van der Waals surface area contributed by atoms with Crippen LogP contribution >= 0.6 is 89.6 Å². The second kappa shape index (κ2) is 47.5. The number of halogens is 6. The van der Waals surface area contributed by atoms with Crippen LogP contribution in [0.5, 0.6) is 0 Å². The molecule has 2 unspecified atom stereocenters. The highest BCUT2D eigenvalue weighted by Gasteiger charge is 2.27. The van der Waals surface area contributed by atoms with Crippen LogP contribution in [0.2, 0.25) is 0 Å². The third-order valence-corrected chi connectivity index (χ3v) is 11.7. The molecule has 0 amide bonds. The molecule has 0 aromatic heterocycles. The summed E-state index contributed by atoms with van der Waals surface area (Å²) in [7, 11) is -6.33. The lowest BCUT2D eigenvalue weighted by atomic mass is 10.1. The molecule has 0 radical (unpaired) electrons. The summed E-state index contributed by atoms with van der Waals surface area (Å²) < 4.78 is 50.6. The summed E-state index contributed by atoms with van der Waals surface area (Å²) >= 11 is 0. The average Bonchev–Trinajstić information content (AvgIpc) is 3.06. The summed E-state index contributed by atoms with van der Waals surface area (Å²) in [5.74, 6) is 0.576. The molecule has 0 bridgehead atoms. The minimum Gasteiger partial charge on any atom is -0.330 e. The molecule has 0 heterocycles. The second-order valence-corrected chi connectivity index (χ2v) is 18.2. The van der Waals surface area contributed by atoms with Gasteiger partial charge in [0.1, 0.15) is 0 Å². The fourth-order valence-corrected chi connectivity index (χ4v) is 8.57. The molecule has 0 aromatic carbocycles. The molecule has 54 heavy (non-hydrogen) atoms. The predicted octanol–water partition coefficient (Wildman–Crippen LogP) is 8.40. The van der Waals surface area contributed by atoms with Gasteiger partial charge in [-0.3, -0.25) is 9.13 Å². The molecule has 20 heteroatoms. The highest BCUT2D eigenvalue weighted by molar-refractivity contribution is 7.54. The van der Waals surface area contributed by atoms with Gasteiger partial charge in [-0.05, 0) is 103 Å². The molecule has 0 saturated heterocycles. The van der Waals surface area contributed by atoms with Crippen molar-refractivity contribution < 1.29 is 27.2 Å². The van der Waals surface area contributed by atoms with Crippen molar-refractivity contribution in [1.29, 1.82) is 0 Å². The predicted molar refractivity (Wildman–Crippen MR) is 246 cm³/mol. The van der Waals surface area contributed by atoms with Crippen LogP contribution in [0.1, 0.15) is 105 Å². The van der Waals surface area contributed by atoms with Crippen LogP contribution in [0.3, 0.4) is 0 Å². The van der Waals surface area contributed by atoms with Crippen LogP contribution in [0, 0.1) is 11.8 Å². The van der Waals surface area contributed by atoms with Crippen molar-refractivity contribution in [1.82, 2.24) is 9.80 Å². The maximum absolute atomic E-state index is 13.5. The Balaban J connectivity index is -0.000000736. The van der Waals surface area contributed by atoms with E-state index in [9.17, 15) is 9.13 Å². The van der Waals surface area contributed by atoms with Gasteiger partial charge < -0.3 is 50.8 Å². The SMILES string of the molecule is CC(C)COP(=O)(CCN(CCCN)CCCN)OCCCCCCCCCCOP(=O)(CCN(CCCN)CCCN)OCC(C)C.Cl.Cl.Cl.Cl.Cl.Cl. The van der Waals surface area contributed by atoms with Gasteiger partial charge in [-0.25, -0.2) is 0 Å². The van der Waals surface area contributed by atoms with Crippen molar-refractivity contribution in [3.63, 3.8) is 0 Å². The first kappa shape index (κ1) is 70.4. The van der Waals surface area contributed by atoms with Gasteiger partial charge in [0.15, 0.2) is 0 Å². The maximum atomic E-state index is 13.5. The van der Waals surface area contributed by atoms with Crippen molar-refractivity contribution in [3.05, 3.63) is 0 Å². The molecule has 12 nitrogen and oxygen atoms in total. The maximum Gasteiger partial charge on any atom is 0.331 e. The molecule has 0 fully saturated rings. The van der Waals surface area contributed by atoms with E-state index < -0.39 is 15.2 Å². The third kappa shape index (κ3) is 43.4. The van der Waals surface area contributed by atoms with Gasteiger partial charge in [-0.1, -0.05) is 66.2 Å². The van der Waals surface area contributed by atoms with E-state index in [0.29, 0.717) is 78.0 Å². The lowest BCUT2D eigenvalue weighted by Gasteiger charge is -2.25. The average molecular weight is 948 g/mol. The molecule has 0 saturated carbocycles. The van der Waals surface area contributed by atoms with E-state index in [4.69, 9.17) is 41.0 Å². The quantitative estimate of drug-likeness (QED) is 0.0346. The smallest absolute Gasteiger partial charge is 0.330 e. The zero-order chi connectivity index (χ0) is 35.9. The molecule has 0 spiro atoms. The Kier molecular flexibility index (Phi) is 61.9. The van der Waals surface area contributed by atoms with Crippen LogP contribution in [0.4, 0.5) is 0 Å². The van der Waals surface area contributed by atoms with Crippen molar-refractivity contribution in [3.8, 4) is 0 Å². The van der Waals surface area contributed by atoms with Crippen LogP contribution in [0.15, 0.2) is 0 Å². The molecule has 0 aromatic rings. The van der Waals surface area contributed by atoms with Crippen LogP contribution in [-0.2, 0) is 27.2 Å². The van der Waals surface area contributed by atoms with Crippen molar-refractivity contribution in [2.75, 3.05) is 104 Å². The summed E-state index contributed by atoms with van der Waals surface area (Å²) in [6, 6.07) is 0. The van der Waals surface area contributed by atoms with Gasteiger partial charge in [-0.15, -0.1) is 74.4 Å². The highest BCUT2D eigenvalue weighted by Crippen LogP contribution is 2.49. The highest BCUT2D eigenvalue weighted by atomic mass is 35.5. The second-order valence-electron chi connectivity index (χ2n) is 13.8. The topological polar surface area (TPSA) is 182 Å². The van der Waals surface area contributed by atoms with E-state index in [-0.39, 0.29) is 86.3 Å². The first-order valence-corrected chi connectivity index (χ1v) is 22.5. The molecule has 0 rings (SSSR count). The van der Waals surface area contributed by atoms with Crippen molar-refractivity contribution in [2.45, 2.75) is 105 Å². The number of hydrogen-bond donors (Lipinski definition) is 4. The molecule has 0 aliphatic carbocycles. The van der Waals surface area contributed by atoms with Crippen molar-refractivity contribution >= 4 is 89.6 Å². The summed E-state index contributed by atoms with van der Waals surface area (Å²) in [4.78, 5) is 4.54. The number of rotatable bonds is 37. The van der Waals surface area contributed by atoms with Gasteiger partial charge in [0.25, 0.3) is 0 Å². The fourth-order valence-electron chi connectivity index (χ4n) is 4.99. The molecule has 0 aliphatic heterocycles. The lowest BCUT2D eigenvalue weighted by molar-refractivity contribution is 0.178. The molecular formula is C34H84Cl6N6O6P2. The molecular weight excluding hydrogens is 863 g/mol. The van der Waals surface area contributed by atoms with E-state index in [2.05, 4.69) is 37.5 Å². The number of unbranched alkanes of at least 4 members (excludes halogenated alkanes) is 7. The van der Waals surface area contributed by atoms with Gasteiger partial charge in [0, 0.05) is 13.1 Å². The first-order chi connectivity index (χ1) is 23.0. The summed E-state index contributed by atoms with van der Waals surface area (Å²) in [6.45, 7) is 17.3. The zero-order valence-corrected chi connectivity index (χ0v) is 40.6. The normalized spacial score (nSPS) is 13.2. The van der Waals surface area contributed by atoms with Gasteiger partial charge >= 0.3 is 15.2 Å². The Hall–Kier alpha value is 1.80. The molecule has 338 valence electrons. The minimum absolute atomic E-state index is 0. The van der Waals surface area contributed by atoms with Gasteiger partial charge in [0.2, 0.25) is 0 Å². The summed E-state index contributed by atoms with van der Waals surface area (Å²) in [5.41, 5.74) is 22.8. The Morgan fingerprint density at radius 3 is 0.907 bits per heavy atom. The van der Waals surface area contributed by atoms with Gasteiger partial charge in [0.05, 0.1) is 38.8 Å². The van der Waals surface area contributed by atoms with E-state index in [1.807, 2.05) is 0 Å². The Labute approximate surface area is 368 Å². The van der Waals surface area contributed by atoms with Crippen molar-refractivity contribution in [2.24, 2.45) is 34.8 Å². The summed E-state index contributed by atoms with van der Waals surface area (Å²) in [6.07, 6.45) is 12.7. The molecule has 8 N–H and O–H groups in total. The largest absolute Gasteiger partial charge is 0.331 e. The monoisotopic (exact) mass is 944 g/mol. The Bertz CT molecular complexity index is 761. The molecule has 0 aliphatic rings. The van der Waals surface area contributed by atoms with Crippen LogP contribution in [-0.4, -0.2) is 114 Å². The number of hydrogen-bond acceptors (Lipinski definition) is 12. The van der Waals surface area contributed by atoms with E-state index in [1.54, 1.807) is 0 Å². The van der Waals surface area contributed by atoms with Crippen LogP contribution < -0.4 is 22.9 Å². The third-order valence-electron chi connectivity index (χ3n) is 7.92. The summed E-state index contributed by atoms with van der Waals surface area (Å²) in [5, 5.41) is 0. The van der Waals surface area contributed by atoms with E-state index in [1.165, 1.54) is 0 Å². The standard InChI is InChI=1S/C34H78N6O6P2.6ClH/c1-33(2)31-45-47(41,29-25-39(21-13-17-35)22-14-18-36)43-27-11-9-7-5-6-8-10-12-28-44-48(42,46-32-34(3)4)30-26-40(23-15-19-37)24-16-20-38;;;;;;/h33-34H,5-32,35-38H2,1-4H3;6*1H. The van der Waals surface area contributed by atoms with Crippen LogP contribution in [0.25, 0.3) is 0 Å². The minimum atomic E-state index is -3.17. The number of nitrogens with zero attached hydrogens (tertiary/aromatic N) is 2. The molecule has 2 atom stereocenters. The Morgan fingerprint density at radius 1 is 0.407 bits per heavy atom. The number of nitrogens with two attached hydrogens (primary N) is 4. The Morgan fingerprint density at radius 2 is 0.667 bits per heavy atom.